The van der Waals surface area contributed by atoms with Crippen LogP contribution in [0.15, 0.2) is 79.0 Å². The van der Waals surface area contributed by atoms with Gasteiger partial charge in [0.15, 0.2) is 0 Å². The molecule has 1 aromatic heterocycles. The fourth-order valence-electron chi connectivity index (χ4n) is 5.94. The number of hydrogen-bond donors (Lipinski definition) is 1. The molecule has 1 N–H and O–H groups in total. The van der Waals surface area contributed by atoms with E-state index in [0.29, 0.717) is 21.9 Å². The normalized spacial score (nSPS) is 17.8. The molecule has 0 aliphatic heterocycles. The number of aromatic nitrogens is 1. The molecule has 2 saturated carbocycles. The van der Waals surface area contributed by atoms with Crippen LogP contribution in [-0.4, -0.2) is 16.5 Å². The van der Waals surface area contributed by atoms with Gasteiger partial charge < -0.3 is 9.88 Å². The van der Waals surface area contributed by atoms with Crippen molar-refractivity contribution < 1.29 is 9.18 Å². The molecule has 1 heterocycles. The van der Waals surface area contributed by atoms with Crippen molar-refractivity contribution in [3.05, 3.63) is 95.9 Å². The summed E-state index contributed by atoms with van der Waals surface area (Å²) in [4.78, 5) is 13.3. The van der Waals surface area contributed by atoms with Crippen LogP contribution in [0.5, 0.6) is 0 Å². The monoisotopic (exact) mass is 452 g/mol. The Morgan fingerprint density at radius 1 is 0.971 bits per heavy atom. The highest BCUT2D eigenvalue weighted by molar-refractivity contribution is 6.06. The molecule has 1 spiro atoms. The van der Waals surface area contributed by atoms with Crippen LogP contribution in [0, 0.1) is 11.2 Å². The van der Waals surface area contributed by atoms with Crippen LogP contribution >= 0.6 is 0 Å². The molecule has 0 unspecified atom stereocenters. The van der Waals surface area contributed by atoms with Crippen molar-refractivity contribution in [2.45, 2.75) is 51.1 Å². The molecule has 172 valence electrons. The Balaban J connectivity index is 1.29. The molecule has 4 aromatic rings. The number of carbonyl (C=O) groups is 1. The Kier molecular flexibility index (Phi) is 5.05. The van der Waals surface area contributed by atoms with Gasteiger partial charge in [-0.25, -0.2) is 4.39 Å². The van der Waals surface area contributed by atoms with Gasteiger partial charge in [0.1, 0.15) is 5.82 Å². The lowest BCUT2D eigenvalue weighted by Gasteiger charge is -2.54. The van der Waals surface area contributed by atoms with Gasteiger partial charge in [-0.3, -0.25) is 4.79 Å². The summed E-state index contributed by atoms with van der Waals surface area (Å²) < 4.78 is 16.7. The first-order valence-corrected chi connectivity index (χ1v) is 12.3. The van der Waals surface area contributed by atoms with Gasteiger partial charge in [0.2, 0.25) is 0 Å². The number of nitrogens with one attached hydrogen (secondary N) is 1. The maximum Gasteiger partial charge on any atom is 0.253 e. The highest BCUT2D eigenvalue weighted by Gasteiger charge is 2.48. The molecule has 4 heteroatoms. The lowest BCUT2D eigenvalue weighted by molar-refractivity contribution is -0.000603. The quantitative estimate of drug-likeness (QED) is 0.344. The first-order chi connectivity index (χ1) is 16.5. The number of carbonyl (C=O) groups excluding carboxylic acids is 1. The minimum atomic E-state index is -0.297. The number of hydrogen-bond acceptors (Lipinski definition) is 1. The summed E-state index contributed by atoms with van der Waals surface area (Å²) in [5, 5.41) is 3.70. The Morgan fingerprint density at radius 3 is 2.35 bits per heavy atom. The van der Waals surface area contributed by atoms with E-state index >= 15 is 0 Å². The Bertz CT molecular complexity index is 1340. The van der Waals surface area contributed by atoms with Crippen molar-refractivity contribution in [3.63, 3.8) is 0 Å². The summed E-state index contributed by atoms with van der Waals surface area (Å²) in [6.45, 7) is 2.09. The van der Waals surface area contributed by atoms with Gasteiger partial charge in [0, 0.05) is 17.6 Å². The highest BCUT2D eigenvalue weighted by Crippen LogP contribution is 2.55. The highest BCUT2D eigenvalue weighted by atomic mass is 19.1. The number of amides is 1. The van der Waals surface area contributed by atoms with Crippen molar-refractivity contribution in [2.24, 2.45) is 5.41 Å². The molecule has 2 aliphatic carbocycles. The van der Waals surface area contributed by atoms with E-state index in [1.807, 2.05) is 29.0 Å². The van der Waals surface area contributed by atoms with Crippen molar-refractivity contribution in [1.29, 1.82) is 0 Å². The fourth-order valence-corrected chi connectivity index (χ4v) is 5.94. The zero-order valence-electron chi connectivity index (χ0n) is 19.4. The second-order valence-electron chi connectivity index (χ2n) is 10.2. The molecule has 2 fully saturated rings. The van der Waals surface area contributed by atoms with Crippen LogP contribution < -0.4 is 5.32 Å². The van der Waals surface area contributed by atoms with E-state index in [9.17, 15) is 9.18 Å². The van der Waals surface area contributed by atoms with Gasteiger partial charge in [-0.05, 0) is 72.9 Å². The molecule has 1 amide bonds. The summed E-state index contributed by atoms with van der Waals surface area (Å²) in [6.07, 6.45) is 7.96. The van der Waals surface area contributed by atoms with Crippen molar-refractivity contribution in [1.82, 2.24) is 9.88 Å². The minimum absolute atomic E-state index is 0.0439. The Labute approximate surface area is 199 Å². The predicted octanol–water partition coefficient (Wildman–Crippen LogP) is 7.12. The molecule has 2 aliphatic rings. The summed E-state index contributed by atoms with van der Waals surface area (Å²) in [5.41, 5.74) is 5.15. The molecule has 6 rings (SSSR count). The molecule has 0 saturated heterocycles. The standard InChI is InChI=1S/C30H29FN2O/c1-20(21-8-10-23(11-9-21)22-6-3-2-4-7-22)33-17-14-25-27(31)13-12-26(28(25)33)29(34)32-24-18-30(19-24)15-5-16-30/h2-4,6-14,17,20,24H,5,15-16,18-19H2,1H3,(H,32,34)/t20-/m1/s1. The van der Waals surface area contributed by atoms with Gasteiger partial charge >= 0.3 is 0 Å². The van der Waals surface area contributed by atoms with Crippen LogP contribution in [0.25, 0.3) is 22.0 Å². The lowest BCUT2D eigenvalue weighted by Crippen LogP contribution is -2.53. The molecule has 34 heavy (non-hydrogen) atoms. The van der Waals surface area contributed by atoms with Crippen LogP contribution in [-0.2, 0) is 0 Å². The van der Waals surface area contributed by atoms with Crippen LogP contribution in [0.1, 0.15) is 61.0 Å². The van der Waals surface area contributed by atoms with Crippen LogP contribution in [0.2, 0.25) is 0 Å². The predicted molar refractivity (Wildman–Crippen MR) is 134 cm³/mol. The zero-order chi connectivity index (χ0) is 23.3. The number of halogens is 1. The maximum atomic E-state index is 14.7. The Hall–Kier alpha value is -3.40. The molecular weight excluding hydrogens is 423 g/mol. The van der Waals surface area contributed by atoms with Crippen LogP contribution in [0.4, 0.5) is 4.39 Å². The summed E-state index contributed by atoms with van der Waals surface area (Å²) in [7, 11) is 0. The number of nitrogens with zero attached hydrogens (tertiary/aromatic N) is 1. The van der Waals surface area contributed by atoms with E-state index in [1.54, 1.807) is 12.1 Å². The second-order valence-corrected chi connectivity index (χ2v) is 10.2. The topological polar surface area (TPSA) is 34.0 Å². The third-order valence-corrected chi connectivity index (χ3v) is 8.09. The van der Waals surface area contributed by atoms with Gasteiger partial charge in [-0.2, -0.15) is 0 Å². The van der Waals surface area contributed by atoms with E-state index in [2.05, 4.69) is 48.6 Å². The van der Waals surface area contributed by atoms with Crippen molar-refractivity contribution >= 4 is 16.8 Å². The van der Waals surface area contributed by atoms with Gasteiger partial charge in [-0.15, -0.1) is 0 Å². The molecule has 3 aromatic carbocycles. The molecule has 0 bridgehead atoms. The van der Waals surface area contributed by atoms with Gasteiger partial charge in [0.25, 0.3) is 5.91 Å². The molecule has 1 atom stereocenters. The minimum Gasteiger partial charge on any atom is -0.349 e. The third-order valence-electron chi connectivity index (χ3n) is 8.09. The fraction of sp³-hybridized carbons (Fsp3) is 0.300. The maximum absolute atomic E-state index is 14.7. The Morgan fingerprint density at radius 2 is 1.68 bits per heavy atom. The van der Waals surface area contributed by atoms with Crippen molar-refractivity contribution in [2.75, 3.05) is 0 Å². The average molecular weight is 453 g/mol. The summed E-state index contributed by atoms with van der Waals surface area (Å²) in [5.74, 6) is -0.398. The second kappa shape index (κ2) is 8.12. The first kappa shape index (κ1) is 21.2. The summed E-state index contributed by atoms with van der Waals surface area (Å²) >= 11 is 0. The molecule has 0 radical (unpaired) electrons. The number of fused-ring (bicyclic) bond motifs is 1. The van der Waals surface area contributed by atoms with Gasteiger partial charge in [0.05, 0.1) is 17.1 Å². The van der Waals surface area contributed by atoms with E-state index in [-0.39, 0.29) is 23.8 Å². The number of benzene rings is 3. The van der Waals surface area contributed by atoms with E-state index in [4.69, 9.17) is 0 Å². The number of rotatable bonds is 5. The van der Waals surface area contributed by atoms with Gasteiger partial charge in [-0.1, -0.05) is 61.0 Å². The van der Waals surface area contributed by atoms with E-state index in [0.717, 1.165) is 24.0 Å². The summed E-state index contributed by atoms with van der Waals surface area (Å²) in [6, 6.07) is 23.8. The average Bonchev–Trinajstić information content (AvgIpc) is 3.26. The van der Waals surface area contributed by atoms with Crippen LogP contribution in [0.3, 0.4) is 0 Å². The first-order valence-electron chi connectivity index (χ1n) is 12.3. The SMILES string of the molecule is C[C@H](c1ccc(-c2ccccc2)cc1)n1ccc2c(F)ccc(C(=O)NC3CC4(CCC4)C3)c21. The smallest absolute Gasteiger partial charge is 0.253 e. The lowest BCUT2D eigenvalue weighted by atomic mass is 9.54. The van der Waals surface area contributed by atoms with E-state index in [1.165, 1.54) is 30.9 Å². The largest absolute Gasteiger partial charge is 0.349 e. The third kappa shape index (κ3) is 3.53. The molecular formula is C30H29FN2O. The van der Waals surface area contributed by atoms with Crippen molar-refractivity contribution in [3.8, 4) is 11.1 Å². The van der Waals surface area contributed by atoms with E-state index < -0.39 is 0 Å². The zero-order valence-corrected chi connectivity index (χ0v) is 19.4. The molecule has 3 nitrogen and oxygen atoms in total.